The molecule has 0 amide bonds. The molecule has 0 bridgehead atoms. The molecule has 2 aromatic carbocycles. The summed E-state index contributed by atoms with van der Waals surface area (Å²) in [6, 6.07) is 20.8. The van der Waals surface area contributed by atoms with E-state index >= 15 is 0 Å². The van der Waals surface area contributed by atoms with Crippen LogP contribution in [0.15, 0.2) is 78.9 Å². The third-order valence-electron chi connectivity index (χ3n) is 3.02. The lowest BCUT2D eigenvalue weighted by atomic mass is 10.1. The van der Waals surface area contributed by atoms with Crippen LogP contribution in [-0.4, -0.2) is 7.05 Å². The quantitative estimate of drug-likeness (QED) is 0.707. The van der Waals surface area contributed by atoms with Crippen molar-refractivity contribution < 1.29 is 0 Å². The summed E-state index contributed by atoms with van der Waals surface area (Å²) >= 11 is 0. The molecule has 0 fully saturated rings. The molecular weight excluding hydrogens is 230 g/mol. The Morgan fingerprint density at radius 3 is 2.05 bits per heavy atom. The lowest BCUT2D eigenvalue weighted by molar-refractivity contribution is 1.22. The molecule has 96 valence electrons. The largest absolute Gasteiger partial charge is 0.344 e. The minimum Gasteiger partial charge on any atom is -0.344 e. The van der Waals surface area contributed by atoms with Gasteiger partial charge in [-0.05, 0) is 30.7 Å². The SMILES string of the molecule is C/C=C/C=C(\c1ccccc1)N(C)c1ccccc1. The first kappa shape index (κ1) is 13.2. The summed E-state index contributed by atoms with van der Waals surface area (Å²) in [5, 5.41) is 0. The van der Waals surface area contributed by atoms with E-state index in [9.17, 15) is 0 Å². The van der Waals surface area contributed by atoms with E-state index in [0.29, 0.717) is 0 Å². The molecule has 0 saturated heterocycles. The maximum atomic E-state index is 2.20. The second kappa shape index (κ2) is 6.60. The Kier molecular flexibility index (Phi) is 4.57. The second-order valence-corrected chi connectivity index (χ2v) is 4.34. The fourth-order valence-corrected chi connectivity index (χ4v) is 1.99. The molecule has 2 rings (SSSR count). The van der Waals surface area contributed by atoms with Crippen molar-refractivity contribution in [2.24, 2.45) is 0 Å². The normalized spacial score (nSPS) is 11.8. The molecule has 1 nitrogen and oxygen atoms in total. The van der Waals surface area contributed by atoms with Crippen molar-refractivity contribution in [1.82, 2.24) is 0 Å². The van der Waals surface area contributed by atoms with Crippen LogP contribution in [0.5, 0.6) is 0 Å². The average molecular weight is 249 g/mol. The molecule has 0 N–H and O–H groups in total. The summed E-state index contributed by atoms with van der Waals surface area (Å²) in [4.78, 5) is 2.20. The molecule has 0 spiro atoms. The molecule has 0 aliphatic rings. The Morgan fingerprint density at radius 1 is 0.895 bits per heavy atom. The Labute approximate surface area is 115 Å². The van der Waals surface area contributed by atoms with Gasteiger partial charge >= 0.3 is 0 Å². The van der Waals surface area contributed by atoms with Crippen LogP contribution < -0.4 is 4.90 Å². The maximum Gasteiger partial charge on any atom is 0.0481 e. The van der Waals surface area contributed by atoms with Crippen molar-refractivity contribution in [1.29, 1.82) is 0 Å². The molecule has 0 unspecified atom stereocenters. The molecule has 0 aliphatic heterocycles. The van der Waals surface area contributed by atoms with Gasteiger partial charge in [0.25, 0.3) is 0 Å². The molecule has 0 radical (unpaired) electrons. The minimum absolute atomic E-state index is 1.18. The number of nitrogens with zero attached hydrogens (tertiary/aromatic N) is 1. The van der Waals surface area contributed by atoms with E-state index in [4.69, 9.17) is 0 Å². The summed E-state index contributed by atoms with van der Waals surface area (Å²) in [5.41, 5.74) is 3.58. The lowest BCUT2D eigenvalue weighted by Crippen LogP contribution is -2.15. The Balaban J connectivity index is 2.40. The minimum atomic E-state index is 1.18. The lowest BCUT2D eigenvalue weighted by Gasteiger charge is -2.23. The van der Waals surface area contributed by atoms with Gasteiger partial charge in [0.15, 0.2) is 0 Å². The smallest absolute Gasteiger partial charge is 0.0481 e. The first-order chi connectivity index (χ1) is 9.33. The Morgan fingerprint density at radius 2 is 1.47 bits per heavy atom. The topological polar surface area (TPSA) is 3.24 Å². The zero-order valence-corrected chi connectivity index (χ0v) is 11.5. The molecule has 0 heterocycles. The number of hydrogen-bond donors (Lipinski definition) is 0. The molecule has 0 saturated carbocycles. The van der Waals surface area contributed by atoms with Crippen LogP contribution in [0.4, 0.5) is 5.69 Å². The number of allylic oxidation sites excluding steroid dienone is 3. The zero-order chi connectivity index (χ0) is 13.5. The van der Waals surface area contributed by atoms with Gasteiger partial charge in [0.05, 0.1) is 0 Å². The highest BCUT2D eigenvalue weighted by molar-refractivity contribution is 5.79. The highest BCUT2D eigenvalue weighted by atomic mass is 15.1. The van der Waals surface area contributed by atoms with Crippen LogP contribution in [-0.2, 0) is 0 Å². The number of rotatable bonds is 4. The van der Waals surface area contributed by atoms with Crippen LogP contribution in [0.1, 0.15) is 12.5 Å². The molecule has 0 aromatic heterocycles. The molecular formula is C18H19N. The van der Waals surface area contributed by atoms with E-state index in [1.807, 2.05) is 25.1 Å². The van der Waals surface area contributed by atoms with Gasteiger partial charge in [-0.3, -0.25) is 0 Å². The van der Waals surface area contributed by atoms with Crippen molar-refractivity contribution in [3.8, 4) is 0 Å². The van der Waals surface area contributed by atoms with Crippen molar-refractivity contribution in [2.75, 3.05) is 11.9 Å². The van der Waals surface area contributed by atoms with Crippen molar-refractivity contribution in [3.05, 3.63) is 84.5 Å². The highest BCUT2D eigenvalue weighted by Gasteiger charge is 2.07. The first-order valence-corrected chi connectivity index (χ1v) is 6.50. The third-order valence-corrected chi connectivity index (χ3v) is 3.02. The van der Waals surface area contributed by atoms with Gasteiger partial charge in [-0.15, -0.1) is 0 Å². The number of benzene rings is 2. The molecule has 19 heavy (non-hydrogen) atoms. The van der Waals surface area contributed by atoms with Gasteiger partial charge in [0, 0.05) is 18.4 Å². The number of para-hydroxylation sites is 1. The third kappa shape index (κ3) is 3.35. The highest BCUT2D eigenvalue weighted by Crippen LogP contribution is 2.24. The van der Waals surface area contributed by atoms with E-state index in [2.05, 4.69) is 72.6 Å². The maximum absolute atomic E-state index is 2.20. The fourth-order valence-electron chi connectivity index (χ4n) is 1.99. The standard InChI is InChI=1S/C18H19N/c1-3-4-15-18(16-11-7-5-8-12-16)19(2)17-13-9-6-10-14-17/h3-15H,1-2H3/b4-3+,18-15+. The van der Waals surface area contributed by atoms with Crippen LogP contribution in [0, 0.1) is 0 Å². The summed E-state index contributed by atoms with van der Waals surface area (Å²) in [7, 11) is 2.09. The molecule has 2 aromatic rings. The van der Waals surface area contributed by atoms with Crippen LogP contribution >= 0.6 is 0 Å². The van der Waals surface area contributed by atoms with Gasteiger partial charge in [-0.25, -0.2) is 0 Å². The van der Waals surface area contributed by atoms with Crippen molar-refractivity contribution in [2.45, 2.75) is 6.92 Å². The summed E-state index contributed by atoms with van der Waals surface area (Å²) < 4.78 is 0. The Bertz CT molecular complexity index is 553. The monoisotopic (exact) mass is 249 g/mol. The van der Waals surface area contributed by atoms with Crippen molar-refractivity contribution in [3.63, 3.8) is 0 Å². The van der Waals surface area contributed by atoms with Crippen molar-refractivity contribution >= 4 is 11.4 Å². The van der Waals surface area contributed by atoms with Crippen LogP contribution in [0.3, 0.4) is 0 Å². The van der Waals surface area contributed by atoms with Gasteiger partial charge in [0.1, 0.15) is 0 Å². The van der Waals surface area contributed by atoms with E-state index in [1.165, 1.54) is 16.9 Å². The summed E-state index contributed by atoms with van der Waals surface area (Å²) in [5.74, 6) is 0. The van der Waals surface area contributed by atoms with Gasteiger partial charge < -0.3 is 4.90 Å². The molecule has 0 atom stereocenters. The number of hydrogen-bond acceptors (Lipinski definition) is 1. The van der Waals surface area contributed by atoms with Gasteiger partial charge in [0.2, 0.25) is 0 Å². The zero-order valence-electron chi connectivity index (χ0n) is 11.5. The van der Waals surface area contributed by atoms with E-state index in [1.54, 1.807) is 0 Å². The molecule has 0 aliphatic carbocycles. The second-order valence-electron chi connectivity index (χ2n) is 4.34. The van der Waals surface area contributed by atoms with Crippen LogP contribution in [0.2, 0.25) is 0 Å². The van der Waals surface area contributed by atoms with Gasteiger partial charge in [-0.1, -0.05) is 60.7 Å². The summed E-state index contributed by atoms with van der Waals surface area (Å²) in [6.07, 6.45) is 6.26. The predicted molar refractivity (Wildman–Crippen MR) is 84.1 cm³/mol. The van der Waals surface area contributed by atoms with Crippen LogP contribution in [0.25, 0.3) is 5.70 Å². The van der Waals surface area contributed by atoms with E-state index in [-0.39, 0.29) is 0 Å². The van der Waals surface area contributed by atoms with Gasteiger partial charge in [-0.2, -0.15) is 0 Å². The van der Waals surface area contributed by atoms with E-state index < -0.39 is 0 Å². The molecule has 1 heteroatoms. The first-order valence-electron chi connectivity index (χ1n) is 6.50. The predicted octanol–water partition coefficient (Wildman–Crippen LogP) is 4.74. The Hall–Kier alpha value is -2.28. The van der Waals surface area contributed by atoms with E-state index in [0.717, 1.165) is 0 Å². The average Bonchev–Trinajstić information content (AvgIpc) is 2.49. The summed E-state index contributed by atoms with van der Waals surface area (Å²) in [6.45, 7) is 2.03. The number of anilines is 1. The fraction of sp³-hybridized carbons (Fsp3) is 0.111.